The lowest BCUT2D eigenvalue weighted by Crippen LogP contribution is -2.31. The van der Waals surface area contributed by atoms with Crippen LogP contribution in [0.25, 0.3) is 0 Å². The van der Waals surface area contributed by atoms with Crippen molar-refractivity contribution < 1.29 is 19.8 Å². The van der Waals surface area contributed by atoms with E-state index < -0.39 is 5.97 Å². The molecule has 1 saturated heterocycles. The third-order valence-corrected chi connectivity index (χ3v) is 4.18. The quantitative estimate of drug-likeness (QED) is 0.653. The van der Waals surface area contributed by atoms with Gasteiger partial charge in [-0.25, -0.2) is 4.79 Å². The number of nitrogens with zero attached hydrogens (tertiary/aromatic N) is 2. The van der Waals surface area contributed by atoms with Crippen LogP contribution in [0.15, 0.2) is 12.1 Å². The van der Waals surface area contributed by atoms with Crippen LogP contribution in [0.2, 0.25) is 0 Å². The molecule has 1 aromatic heterocycles. The topological polar surface area (TPSA) is 87.0 Å². The van der Waals surface area contributed by atoms with E-state index >= 15 is 0 Å². The average molecular weight is 311 g/mol. The molecule has 2 atom stereocenters. The Kier molecular flexibility index (Phi) is 5.68. The Hall–Kier alpha value is -1.73. The summed E-state index contributed by atoms with van der Waals surface area (Å²) in [5.41, 5.74) is 0. The zero-order valence-corrected chi connectivity index (χ0v) is 13.2. The number of unbranched alkanes of at least 4 members (excludes halogenated alkanes) is 2. The molecule has 0 aliphatic carbocycles. The van der Waals surface area contributed by atoms with Gasteiger partial charge in [0.15, 0.2) is 0 Å². The molecule has 7 nitrogen and oxygen atoms in total. The van der Waals surface area contributed by atoms with Gasteiger partial charge >= 0.3 is 5.97 Å². The summed E-state index contributed by atoms with van der Waals surface area (Å²) in [7, 11) is 2.12. The number of nitrogens with one attached hydrogen (secondary N) is 1. The highest BCUT2D eigenvalue weighted by molar-refractivity contribution is 5.69. The molecule has 0 aromatic carbocycles. The number of carbonyl (C=O) groups is 1. The summed E-state index contributed by atoms with van der Waals surface area (Å²) in [5, 5.41) is 22.2. The van der Waals surface area contributed by atoms with Crippen LogP contribution < -0.4 is 10.2 Å². The SMILES string of the molecule is CC1NCN(C)C1CCCCCC(=O)On1c(O)ccc1O. The zero-order valence-electron chi connectivity index (χ0n) is 13.2. The van der Waals surface area contributed by atoms with Crippen molar-refractivity contribution in [3.8, 4) is 11.8 Å². The van der Waals surface area contributed by atoms with E-state index in [0.29, 0.717) is 12.1 Å². The van der Waals surface area contributed by atoms with E-state index in [1.165, 1.54) is 12.1 Å². The van der Waals surface area contributed by atoms with Crippen molar-refractivity contribution in [2.75, 3.05) is 13.7 Å². The Morgan fingerprint density at radius 2 is 2.00 bits per heavy atom. The fourth-order valence-corrected chi connectivity index (χ4v) is 2.84. The van der Waals surface area contributed by atoms with Crippen molar-refractivity contribution in [1.29, 1.82) is 0 Å². The highest BCUT2D eigenvalue weighted by atomic mass is 16.7. The smallest absolute Gasteiger partial charge is 0.333 e. The molecule has 0 spiro atoms. The minimum Gasteiger partial charge on any atom is -0.492 e. The molecule has 2 rings (SSSR count). The molecule has 2 unspecified atom stereocenters. The van der Waals surface area contributed by atoms with Gasteiger partial charge in [-0.2, -0.15) is 0 Å². The first-order valence-corrected chi connectivity index (χ1v) is 7.73. The molecule has 1 fully saturated rings. The van der Waals surface area contributed by atoms with E-state index in [9.17, 15) is 15.0 Å². The van der Waals surface area contributed by atoms with E-state index in [2.05, 4.69) is 24.2 Å². The van der Waals surface area contributed by atoms with Crippen molar-refractivity contribution in [3.63, 3.8) is 0 Å². The normalized spacial score (nSPS) is 22.1. The monoisotopic (exact) mass is 311 g/mol. The van der Waals surface area contributed by atoms with Crippen LogP contribution in [0, 0.1) is 0 Å². The highest BCUT2D eigenvalue weighted by Gasteiger charge is 2.26. The van der Waals surface area contributed by atoms with E-state index in [1.807, 2.05) is 0 Å². The molecule has 124 valence electrons. The second-order valence-electron chi connectivity index (χ2n) is 5.88. The molecule has 0 radical (unpaired) electrons. The van der Waals surface area contributed by atoms with Crippen LogP contribution in [0.1, 0.15) is 39.0 Å². The fraction of sp³-hybridized carbons (Fsp3) is 0.667. The molecule has 0 bridgehead atoms. The Labute approximate surface area is 130 Å². The first-order valence-electron chi connectivity index (χ1n) is 7.73. The van der Waals surface area contributed by atoms with E-state index in [1.54, 1.807) is 0 Å². The van der Waals surface area contributed by atoms with E-state index in [0.717, 1.165) is 37.1 Å². The summed E-state index contributed by atoms with van der Waals surface area (Å²) in [5.74, 6) is -1.05. The summed E-state index contributed by atoms with van der Waals surface area (Å²) in [6.07, 6.45) is 4.13. The molecule has 0 saturated carbocycles. The summed E-state index contributed by atoms with van der Waals surface area (Å²) in [6, 6.07) is 3.58. The molecule has 1 aromatic rings. The predicted molar refractivity (Wildman–Crippen MR) is 81.4 cm³/mol. The third-order valence-electron chi connectivity index (χ3n) is 4.18. The van der Waals surface area contributed by atoms with Crippen LogP contribution in [-0.2, 0) is 4.79 Å². The van der Waals surface area contributed by atoms with Gasteiger partial charge in [-0.1, -0.05) is 12.8 Å². The third kappa shape index (κ3) is 4.14. The van der Waals surface area contributed by atoms with Gasteiger partial charge < -0.3 is 20.4 Å². The van der Waals surface area contributed by atoms with Crippen molar-refractivity contribution in [2.24, 2.45) is 0 Å². The van der Waals surface area contributed by atoms with Gasteiger partial charge in [-0.05, 0) is 26.8 Å². The van der Waals surface area contributed by atoms with Gasteiger partial charge in [0.1, 0.15) is 0 Å². The van der Waals surface area contributed by atoms with Crippen molar-refractivity contribution in [3.05, 3.63) is 12.1 Å². The maximum absolute atomic E-state index is 11.7. The average Bonchev–Trinajstić information content (AvgIpc) is 2.96. The largest absolute Gasteiger partial charge is 0.492 e. The van der Waals surface area contributed by atoms with Crippen LogP contribution in [0.4, 0.5) is 0 Å². The molecule has 7 heteroatoms. The predicted octanol–water partition coefficient (Wildman–Crippen LogP) is 1.05. The summed E-state index contributed by atoms with van der Waals surface area (Å²) < 4.78 is 0.725. The van der Waals surface area contributed by atoms with Crippen molar-refractivity contribution >= 4 is 5.97 Å². The van der Waals surface area contributed by atoms with Crippen LogP contribution in [-0.4, -0.2) is 51.6 Å². The van der Waals surface area contributed by atoms with Crippen molar-refractivity contribution in [1.82, 2.24) is 14.9 Å². The number of aromatic hydroxyl groups is 2. The van der Waals surface area contributed by atoms with E-state index in [-0.39, 0.29) is 18.2 Å². The standard InChI is InChI=1S/C15H25N3O4/c1-11-12(17(2)10-16-11)6-4-3-5-7-15(21)22-18-13(19)8-9-14(18)20/h8-9,11-12,16,19-20H,3-7,10H2,1-2H3. The zero-order chi connectivity index (χ0) is 16.1. The molecule has 1 aliphatic rings. The molecule has 22 heavy (non-hydrogen) atoms. The van der Waals surface area contributed by atoms with Gasteiger partial charge in [0.2, 0.25) is 11.8 Å². The molecular weight excluding hydrogens is 286 g/mol. The Morgan fingerprint density at radius 1 is 1.32 bits per heavy atom. The van der Waals surface area contributed by atoms with Gasteiger partial charge in [0, 0.05) is 37.3 Å². The lowest BCUT2D eigenvalue weighted by Gasteiger charge is -2.21. The highest BCUT2D eigenvalue weighted by Crippen LogP contribution is 2.19. The molecule has 2 heterocycles. The van der Waals surface area contributed by atoms with Crippen molar-refractivity contribution in [2.45, 2.75) is 51.1 Å². The first kappa shape index (κ1) is 16.6. The summed E-state index contributed by atoms with van der Waals surface area (Å²) in [6.45, 7) is 3.13. The first-order chi connectivity index (χ1) is 10.5. The number of aromatic nitrogens is 1. The summed E-state index contributed by atoms with van der Waals surface area (Å²) in [4.78, 5) is 18.9. The van der Waals surface area contributed by atoms with Crippen LogP contribution in [0.3, 0.4) is 0 Å². The second-order valence-corrected chi connectivity index (χ2v) is 5.88. The number of hydrogen-bond donors (Lipinski definition) is 3. The number of carbonyl (C=O) groups excluding carboxylic acids is 1. The minimum absolute atomic E-state index is 0.269. The lowest BCUT2D eigenvalue weighted by atomic mass is 10.0. The number of hydrogen-bond acceptors (Lipinski definition) is 6. The lowest BCUT2D eigenvalue weighted by molar-refractivity contribution is -0.145. The molecule has 1 aliphatic heterocycles. The minimum atomic E-state index is -0.463. The number of rotatable bonds is 7. The second kappa shape index (κ2) is 7.51. The molecule has 0 amide bonds. The van der Waals surface area contributed by atoms with Gasteiger partial charge in [-0.15, -0.1) is 4.73 Å². The molecular formula is C15H25N3O4. The maximum atomic E-state index is 11.7. The maximum Gasteiger partial charge on any atom is 0.333 e. The summed E-state index contributed by atoms with van der Waals surface area (Å²) >= 11 is 0. The Bertz CT molecular complexity index is 473. The number of likely N-dealkylation sites (N-methyl/N-ethyl adjacent to an activating group) is 1. The van der Waals surface area contributed by atoms with Crippen LogP contribution >= 0.6 is 0 Å². The molecule has 3 N–H and O–H groups in total. The Morgan fingerprint density at radius 3 is 2.59 bits per heavy atom. The van der Waals surface area contributed by atoms with Crippen LogP contribution in [0.5, 0.6) is 11.8 Å². The van der Waals surface area contributed by atoms with Gasteiger partial charge in [0.05, 0.1) is 0 Å². The van der Waals surface area contributed by atoms with Gasteiger partial charge in [-0.3, -0.25) is 4.90 Å². The van der Waals surface area contributed by atoms with E-state index in [4.69, 9.17) is 4.84 Å². The fourth-order valence-electron chi connectivity index (χ4n) is 2.84. The van der Waals surface area contributed by atoms with Gasteiger partial charge in [0.25, 0.3) is 0 Å². The Balaban J connectivity index is 1.61.